The topological polar surface area (TPSA) is 26.3 Å². The molecule has 0 aliphatic rings. The van der Waals surface area contributed by atoms with Crippen molar-refractivity contribution in [1.29, 1.82) is 0 Å². The second kappa shape index (κ2) is 11.2. The minimum Gasteiger partial charge on any atom is -0.454 e. The van der Waals surface area contributed by atoms with E-state index in [1.54, 1.807) is 18.2 Å². The molecule has 0 aliphatic heterocycles. The number of hydrogen-bond acceptors (Lipinski definition) is 2. The summed E-state index contributed by atoms with van der Waals surface area (Å²) in [6, 6.07) is 8.98. The summed E-state index contributed by atoms with van der Waals surface area (Å²) in [5.41, 5.74) is 1.95. The number of esters is 1. The largest absolute Gasteiger partial charge is 0.454 e. The maximum Gasteiger partial charge on any atom is 0.338 e. The maximum atomic E-state index is 12.0. The number of ether oxygens (including phenoxy) is 1. The van der Waals surface area contributed by atoms with Crippen LogP contribution >= 0.6 is 11.6 Å². The van der Waals surface area contributed by atoms with Crippen LogP contribution in [-0.4, -0.2) is 12.1 Å². The Kier molecular flexibility index (Phi) is 9.30. The fourth-order valence-electron chi connectivity index (χ4n) is 1.89. The predicted octanol–water partition coefficient (Wildman–Crippen LogP) is 5.49. The Balaban J connectivity index is 2.44. The summed E-state index contributed by atoms with van der Waals surface area (Å²) in [5, 5.41) is 0. The van der Waals surface area contributed by atoms with Crippen molar-refractivity contribution in [1.82, 2.24) is 0 Å². The van der Waals surface area contributed by atoms with Crippen LogP contribution in [0.1, 0.15) is 49.4 Å². The monoisotopic (exact) mass is 306 g/mol. The number of rotatable bonds is 9. The first-order chi connectivity index (χ1) is 10.3. The molecule has 1 aromatic rings. The van der Waals surface area contributed by atoms with Crippen molar-refractivity contribution < 1.29 is 9.53 Å². The van der Waals surface area contributed by atoms with Gasteiger partial charge in [-0.3, -0.25) is 0 Å². The molecule has 114 valence electrons. The van der Waals surface area contributed by atoms with Crippen molar-refractivity contribution in [3.63, 3.8) is 0 Å². The standard InChI is InChI=1S/C18H23ClO2/c1-2-3-4-5-6-10-13-17(14-15-19)21-18(20)16-11-8-7-9-12-16/h6-12,14-15,17H,2-5,13H2,1H3/t17-/m1/s1. The van der Waals surface area contributed by atoms with Crippen molar-refractivity contribution in [2.75, 3.05) is 0 Å². The lowest BCUT2D eigenvalue weighted by molar-refractivity contribution is 0.0400. The lowest BCUT2D eigenvalue weighted by atomic mass is 10.1. The quantitative estimate of drug-likeness (QED) is 0.342. The molecule has 1 aromatic carbocycles. The molecule has 2 nitrogen and oxygen atoms in total. The van der Waals surface area contributed by atoms with E-state index >= 15 is 0 Å². The third-order valence-corrected chi connectivity index (χ3v) is 3.21. The average molecular weight is 307 g/mol. The normalized spacial score (nSPS) is 12.9. The van der Waals surface area contributed by atoms with Crippen LogP contribution in [0.3, 0.4) is 0 Å². The molecule has 0 saturated heterocycles. The van der Waals surface area contributed by atoms with E-state index in [0.717, 1.165) is 6.42 Å². The number of hydrogen-bond donors (Lipinski definition) is 0. The first-order valence-electron chi connectivity index (χ1n) is 7.45. The van der Waals surface area contributed by atoms with E-state index in [-0.39, 0.29) is 12.1 Å². The van der Waals surface area contributed by atoms with Crippen LogP contribution in [0.15, 0.2) is 54.1 Å². The molecule has 0 heterocycles. The molecule has 1 atom stereocenters. The van der Waals surface area contributed by atoms with Crippen LogP contribution < -0.4 is 0 Å². The SMILES string of the molecule is CCCCCC=CC[C@H](C=CCl)OC(=O)c1ccccc1. The Bertz CT molecular complexity index is 452. The van der Waals surface area contributed by atoms with Crippen molar-refractivity contribution in [3.05, 3.63) is 59.7 Å². The highest BCUT2D eigenvalue weighted by atomic mass is 35.5. The maximum absolute atomic E-state index is 12.0. The fraction of sp³-hybridized carbons (Fsp3) is 0.389. The number of carbonyl (C=O) groups excluding carboxylic acids is 1. The molecule has 21 heavy (non-hydrogen) atoms. The van der Waals surface area contributed by atoms with Crippen LogP contribution in [0.4, 0.5) is 0 Å². The number of carbonyl (C=O) groups is 1. The van der Waals surface area contributed by atoms with Crippen molar-refractivity contribution in [2.45, 2.75) is 45.1 Å². The molecule has 0 aromatic heterocycles. The highest BCUT2D eigenvalue weighted by Crippen LogP contribution is 2.10. The van der Waals surface area contributed by atoms with Crippen molar-refractivity contribution in [3.8, 4) is 0 Å². The van der Waals surface area contributed by atoms with Gasteiger partial charge in [-0.2, -0.15) is 0 Å². The summed E-state index contributed by atoms with van der Waals surface area (Å²) in [5.74, 6) is -0.324. The third kappa shape index (κ3) is 7.72. The van der Waals surface area contributed by atoms with Gasteiger partial charge in [0.2, 0.25) is 0 Å². The minimum absolute atomic E-state index is 0.322. The van der Waals surface area contributed by atoms with Crippen molar-refractivity contribution >= 4 is 17.6 Å². The Morgan fingerprint density at radius 3 is 2.67 bits per heavy atom. The lowest BCUT2D eigenvalue weighted by Gasteiger charge is -2.12. The van der Waals surface area contributed by atoms with E-state index in [1.165, 1.54) is 24.8 Å². The van der Waals surface area contributed by atoms with Gasteiger partial charge in [-0.1, -0.05) is 61.7 Å². The molecule has 0 unspecified atom stereocenters. The molecule has 0 saturated carbocycles. The van der Waals surface area contributed by atoms with Gasteiger partial charge in [-0.15, -0.1) is 0 Å². The second-order valence-electron chi connectivity index (χ2n) is 4.83. The molecule has 0 spiro atoms. The zero-order chi connectivity index (χ0) is 15.3. The van der Waals surface area contributed by atoms with Gasteiger partial charge in [0, 0.05) is 12.0 Å². The van der Waals surface area contributed by atoms with Gasteiger partial charge < -0.3 is 4.74 Å². The van der Waals surface area contributed by atoms with E-state index in [9.17, 15) is 4.79 Å². The molecular formula is C18H23ClO2. The summed E-state index contributed by atoms with van der Waals surface area (Å²) >= 11 is 5.61. The molecule has 0 bridgehead atoms. The van der Waals surface area contributed by atoms with E-state index in [1.807, 2.05) is 18.2 Å². The average Bonchev–Trinajstić information content (AvgIpc) is 2.51. The first-order valence-corrected chi connectivity index (χ1v) is 7.89. The van der Waals surface area contributed by atoms with Crippen LogP contribution in [0, 0.1) is 0 Å². The molecule has 1 rings (SSSR count). The van der Waals surface area contributed by atoms with Crippen LogP contribution in [0.2, 0.25) is 0 Å². The second-order valence-corrected chi connectivity index (χ2v) is 5.08. The Morgan fingerprint density at radius 2 is 2.00 bits per heavy atom. The van der Waals surface area contributed by atoms with E-state index in [4.69, 9.17) is 16.3 Å². The third-order valence-electron chi connectivity index (χ3n) is 3.06. The van der Waals surface area contributed by atoms with Gasteiger partial charge in [-0.05, 0) is 31.1 Å². The van der Waals surface area contributed by atoms with Crippen LogP contribution in [0.5, 0.6) is 0 Å². The first kappa shape index (κ1) is 17.5. The summed E-state index contributed by atoms with van der Waals surface area (Å²) < 4.78 is 5.44. The highest BCUT2D eigenvalue weighted by Gasteiger charge is 2.11. The minimum atomic E-state index is -0.324. The highest BCUT2D eigenvalue weighted by molar-refractivity contribution is 6.25. The van der Waals surface area contributed by atoms with E-state index in [0.29, 0.717) is 12.0 Å². The number of unbranched alkanes of at least 4 members (excludes halogenated alkanes) is 3. The summed E-state index contributed by atoms with van der Waals surface area (Å²) in [7, 11) is 0. The summed E-state index contributed by atoms with van der Waals surface area (Å²) in [6.45, 7) is 2.19. The van der Waals surface area contributed by atoms with Gasteiger partial charge in [-0.25, -0.2) is 4.79 Å². The van der Waals surface area contributed by atoms with Gasteiger partial charge in [0.25, 0.3) is 0 Å². The van der Waals surface area contributed by atoms with Gasteiger partial charge in [0.05, 0.1) is 5.56 Å². The molecule has 0 N–H and O–H groups in total. The van der Waals surface area contributed by atoms with Crippen LogP contribution in [0.25, 0.3) is 0 Å². The van der Waals surface area contributed by atoms with Crippen LogP contribution in [-0.2, 0) is 4.74 Å². The Hall–Kier alpha value is -1.54. The van der Waals surface area contributed by atoms with Gasteiger partial charge >= 0.3 is 5.97 Å². The fourth-order valence-corrected chi connectivity index (χ4v) is 2.05. The summed E-state index contributed by atoms with van der Waals surface area (Å²) in [6.07, 6.45) is 10.9. The molecule has 0 fully saturated rings. The zero-order valence-electron chi connectivity index (χ0n) is 12.5. The van der Waals surface area contributed by atoms with Crippen molar-refractivity contribution in [2.24, 2.45) is 0 Å². The Labute approximate surface area is 132 Å². The predicted molar refractivity (Wildman–Crippen MR) is 88.5 cm³/mol. The smallest absolute Gasteiger partial charge is 0.338 e. The molecular weight excluding hydrogens is 284 g/mol. The zero-order valence-corrected chi connectivity index (χ0v) is 13.3. The molecule has 0 radical (unpaired) electrons. The van der Waals surface area contributed by atoms with Gasteiger partial charge in [0.1, 0.15) is 6.10 Å². The number of benzene rings is 1. The number of allylic oxidation sites excluding steroid dienone is 1. The van der Waals surface area contributed by atoms with E-state index in [2.05, 4.69) is 19.1 Å². The lowest BCUT2D eigenvalue weighted by Crippen LogP contribution is -2.15. The molecule has 0 amide bonds. The van der Waals surface area contributed by atoms with Gasteiger partial charge in [0.15, 0.2) is 0 Å². The van der Waals surface area contributed by atoms with E-state index < -0.39 is 0 Å². The molecule has 0 aliphatic carbocycles. The summed E-state index contributed by atoms with van der Waals surface area (Å²) in [4.78, 5) is 12.0. The molecule has 3 heteroatoms. The number of halogens is 1. The Morgan fingerprint density at radius 1 is 1.24 bits per heavy atom.